The number of likely N-dealkylation sites (N-methyl/N-ethyl adjacent to an activating group) is 1. The Morgan fingerprint density at radius 1 is 1.27 bits per heavy atom. The minimum atomic E-state index is -4.06. The molecule has 1 aromatic carbocycles. The van der Waals surface area contributed by atoms with Crippen molar-refractivity contribution in [2.75, 3.05) is 45.3 Å². The summed E-state index contributed by atoms with van der Waals surface area (Å²) in [6.07, 6.45) is -0.552. The predicted octanol–water partition coefficient (Wildman–Crippen LogP) is 2.46. The van der Waals surface area contributed by atoms with Crippen LogP contribution < -0.4 is 9.62 Å². The second-order valence-corrected chi connectivity index (χ2v) is 12.6. The number of methoxy groups -OCH3 is 1. The summed E-state index contributed by atoms with van der Waals surface area (Å²) in [5, 5.41) is 18.0. The van der Waals surface area contributed by atoms with Gasteiger partial charge in [0.25, 0.3) is 6.43 Å². The minimum Gasteiger partial charge on any atom is -0.383 e. The summed E-state index contributed by atoms with van der Waals surface area (Å²) in [5.74, 6) is 0.636. The molecule has 1 N–H and O–H groups in total. The lowest BCUT2D eigenvalue weighted by Gasteiger charge is -2.39. The first-order chi connectivity index (χ1) is 19.2. The topological polar surface area (TPSA) is 142 Å². The highest BCUT2D eigenvalue weighted by molar-refractivity contribution is 7.89. The summed E-state index contributed by atoms with van der Waals surface area (Å²) in [5.41, 5.74) is -0.330. The summed E-state index contributed by atoms with van der Waals surface area (Å²) in [6, 6.07) is 6.70. The summed E-state index contributed by atoms with van der Waals surface area (Å²) >= 11 is 0.699. The van der Waals surface area contributed by atoms with Gasteiger partial charge in [-0.25, -0.2) is 27.2 Å². The number of nitrogens with zero attached hydrogens (tertiary/aromatic N) is 8. The lowest BCUT2D eigenvalue weighted by atomic mass is 10.1. The summed E-state index contributed by atoms with van der Waals surface area (Å²) < 4.78 is 62.8. The van der Waals surface area contributed by atoms with E-state index in [1.807, 2.05) is 13.1 Å². The number of sulfonamides is 1. The molecule has 40 heavy (non-hydrogen) atoms. The lowest BCUT2D eigenvalue weighted by Crippen LogP contribution is -2.53. The molecule has 1 atom stereocenters. The summed E-state index contributed by atoms with van der Waals surface area (Å²) in [4.78, 5) is 13.4. The van der Waals surface area contributed by atoms with E-state index < -0.39 is 27.0 Å². The highest BCUT2D eigenvalue weighted by Gasteiger charge is 2.47. The molecular formula is C24H25F2N9O3S2. The van der Waals surface area contributed by atoms with Gasteiger partial charge in [-0.05, 0) is 32.0 Å². The summed E-state index contributed by atoms with van der Waals surface area (Å²) in [6.45, 7) is 2.60. The third-order valence-electron chi connectivity index (χ3n) is 7.35. The Balaban J connectivity index is 1.55. The molecule has 12 nitrogen and oxygen atoms in total. The van der Waals surface area contributed by atoms with Crippen molar-refractivity contribution in [3.63, 3.8) is 0 Å². The van der Waals surface area contributed by atoms with Gasteiger partial charge in [0.15, 0.2) is 10.7 Å². The molecule has 4 heterocycles. The third kappa shape index (κ3) is 4.57. The number of halogens is 2. The SMILES string of the molecule is COCC1CN(c2ncnc3c2c2ccc(S(=O)(=O)NC4(C#N)CC4)cc2n3-c2nnc(C(F)F)s2)CCN1C. The number of rotatable bonds is 8. The van der Waals surface area contributed by atoms with Gasteiger partial charge in [0, 0.05) is 32.1 Å². The molecule has 2 aliphatic rings. The number of nitrogens with one attached hydrogen (secondary N) is 1. The molecule has 1 aliphatic carbocycles. The zero-order valence-electron chi connectivity index (χ0n) is 21.6. The maximum Gasteiger partial charge on any atom is 0.291 e. The Morgan fingerprint density at radius 2 is 2.08 bits per heavy atom. The highest BCUT2D eigenvalue weighted by Crippen LogP contribution is 2.40. The van der Waals surface area contributed by atoms with Crippen LogP contribution in [0, 0.1) is 11.3 Å². The molecule has 0 radical (unpaired) electrons. The Hall–Kier alpha value is -3.36. The van der Waals surface area contributed by atoms with Crippen molar-refractivity contribution >= 4 is 49.1 Å². The number of benzene rings is 1. The second-order valence-electron chi connectivity index (χ2n) is 9.97. The van der Waals surface area contributed by atoms with E-state index >= 15 is 0 Å². The summed E-state index contributed by atoms with van der Waals surface area (Å²) in [7, 11) is -0.370. The van der Waals surface area contributed by atoms with Crippen molar-refractivity contribution in [3.05, 3.63) is 29.5 Å². The van der Waals surface area contributed by atoms with Crippen molar-refractivity contribution in [2.45, 2.75) is 35.7 Å². The van der Waals surface area contributed by atoms with Crippen molar-refractivity contribution < 1.29 is 21.9 Å². The largest absolute Gasteiger partial charge is 0.383 e. The number of nitriles is 1. The number of anilines is 1. The van der Waals surface area contributed by atoms with Crippen molar-refractivity contribution in [2.24, 2.45) is 0 Å². The van der Waals surface area contributed by atoms with Gasteiger partial charge in [0.1, 0.15) is 17.7 Å². The molecule has 16 heteroatoms. The molecule has 0 spiro atoms. The molecule has 1 unspecified atom stereocenters. The molecule has 1 saturated carbocycles. The van der Waals surface area contributed by atoms with E-state index in [1.54, 1.807) is 13.2 Å². The van der Waals surface area contributed by atoms with E-state index in [4.69, 9.17) is 4.74 Å². The average Bonchev–Trinajstić information content (AvgIpc) is 3.37. The molecule has 1 saturated heterocycles. The van der Waals surface area contributed by atoms with Gasteiger partial charge >= 0.3 is 0 Å². The normalized spacial score (nSPS) is 19.5. The Labute approximate surface area is 232 Å². The maximum atomic E-state index is 13.4. The number of aromatic nitrogens is 5. The molecule has 1 aliphatic heterocycles. The second kappa shape index (κ2) is 9.93. The van der Waals surface area contributed by atoms with Gasteiger partial charge in [-0.3, -0.25) is 9.47 Å². The highest BCUT2D eigenvalue weighted by atomic mass is 32.2. The molecule has 6 rings (SSSR count). The quantitative estimate of drug-likeness (QED) is 0.326. The fourth-order valence-corrected chi connectivity index (χ4v) is 7.11. The van der Waals surface area contributed by atoms with Gasteiger partial charge in [0.2, 0.25) is 15.2 Å². The van der Waals surface area contributed by atoms with E-state index in [-0.39, 0.29) is 16.1 Å². The van der Waals surface area contributed by atoms with E-state index in [1.165, 1.54) is 23.0 Å². The van der Waals surface area contributed by atoms with Crippen LogP contribution in [-0.4, -0.2) is 90.0 Å². The molecule has 4 aromatic rings. The number of ether oxygens (including phenoxy) is 1. The zero-order valence-corrected chi connectivity index (χ0v) is 23.2. The van der Waals surface area contributed by atoms with Crippen LogP contribution in [0.15, 0.2) is 29.4 Å². The number of hydrogen-bond donors (Lipinski definition) is 1. The first-order valence-corrected chi connectivity index (χ1v) is 14.8. The van der Waals surface area contributed by atoms with Gasteiger partial charge in [0.05, 0.1) is 34.5 Å². The first-order valence-electron chi connectivity index (χ1n) is 12.5. The molecular weight excluding hydrogens is 564 g/mol. The molecule has 2 fully saturated rings. The van der Waals surface area contributed by atoms with E-state index in [0.717, 1.165) is 6.54 Å². The van der Waals surface area contributed by atoms with Crippen LogP contribution in [0.3, 0.4) is 0 Å². The van der Waals surface area contributed by atoms with E-state index in [0.29, 0.717) is 71.6 Å². The molecule has 3 aromatic heterocycles. The van der Waals surface area contributed by atoms with Crippen LogP contribution >= 0.6 is 11.3 Å². The van der Waals surface area contributed by atoms with Crippen molar-refractivity contribution in [1.29, 1.82) is 5.26 Å². The predicted molar refractivity (Wildman–Crippen MR) is 143 cm³/mol. The van der Waals surface area contributed by atoms with E-state index in [2.05, 4.69) is 34.7 Å². The van der Waals surface area contributed by atoms with Crippen LogP contribution in [0.5, 0.6) is 0 Å². The van der Waals surface area contributed by atoms with Crippen LogP contribution in [0.25, 0.3) is 27.1 Å². The fourth-order valence-electron chi connectivity index (χ4n) is 4.99. The Morgan fingerprint density at radius 3 is 2.75 bits per heavy atom. The molecule has 0 amide bonds. The zero-order chi connectivity index (χ0) is 28.2. The maximum absolute atomic E-state index is 13.4. The number of fused-ring (bicyclic) bond motifs is 3. The number of hydrogen-bond acceptors (Lipinski definition) is 11. The van der Waals surface area contributed by atoms with E-state index in [9.17, 15) is 22.5 Å². The fraction of sp³-hybridized carbons (Fsp3) is 0.458. The minimum absolute atomic E-state index is 0.0709. The van der Waals surface area contributed by atoms with Crippen LogP contribution in [-0.2, 0) is 14.8 Å². The molecule has 210 valence electrons. The van der Waals surface area contributed by atoms with Crippen molar-refractivity contribution in [1.82, 2.24) is 34.4 Å². The molecule has 0 bridgehead atoms. The first kappa shape index (κ1) is 26.8. The third-order valence-corrected chi connectivity index (χ3v) is 9.80. The number of alkyl halides is 2. The Bertz CT molecular complexity index is 1750. The Kier molecular flexibility index (Phi) is 6.66. The lowest BCUT2D eigenvalue weighted by molar-refractivity contribution is 0.0986. The smallest absolute Gasteiger partial charge is 0.291 e. The standard InChI is InChI=1S/C24H25F2N9O3S2/c1-33-7-8-34(10-14(33)11-38-2)20-18-16-4-3-15(40(36,37)32-24(12-27)5-6-24)9-17(16)35(21(18)29-13-28-20)23-31-30-22(39-23)19(25)26/h3-4,9,13-14,19,32H,5-8,10-11H2,1-2H3. The van der Waals surface area contributed by atoms with Gasteiger partial charge < -0.3 is 9.64 Å². The monoisotopic (exact) mass is 589 g/mol. The van der Waals surface area contributed by atoms with Crippen LogP contribution in [0.2, 0.25) is 0 Å². The van der Waals surface area contributed by atoms with Gasteiger partial charge in [-0.1, -0.05) is 17.4 Å². The number of piperazine rings is 1. The van der Waals surface area contributed by atoms with Crippen molar-refractivity contribution in [3.8, 4) is 11.2 Å². The van der Waals surface area contributed by atoms with Crippen LogP contribution in [0.1, 0.15) is 24.3 Å². The van der Waals surface area contributed by atoms with Gasteiger partial charge in [-0.15, -0.1) is 10.2 Å². The average molecular weight is 590 g/mol. The van der Waals surface area contributed by atoms with Crippen LogP contribution in [0.4, 0.5) is 14.6 Å². The van der Waals surface area contributed by atoms with Gasteiger partial charge in [-0.2, -0.15) is 9.98 Å².